The van der Waals surface area contributed by atoms with Crippen LogP contribution in [0.5, 0.6) is 0 Å². The van der Waals surface area contributed by atoms with Crippen molar-refractivity contribution >= 4 is 21.5 Å². The summed E-state index contributed by atoms with van der Waals surface area (Å²) in [5, 5.41) is 16.7. The van der Waals surface area contributed by atoms with Crippen LogP contribution in [0.15, 0.2) is 46.6 Å². The SMILES string of the molecule is CN(C)S(=O)(=O)N1CCCC(c2nn(Cc3ccccc3C#N)c(=O)n2-c2cccs2)C1. The van der Waals surface area contributed by atoms with Crippen molar-refractivity contribution in [1.29, 1.82) is 5.26 Å². The number of nitriles is 1. The van der Waals surface area contributed by atoms with Gasteiger partial charge in [0.05, 0.1) is 18.2 Å². The highest BCUT2D eigenvalue weighted by Crippen LogP contribution is 2.29. The summed E-state index contributed by atoms with van der Waals surface area (Å²) in [6.07, 6.45) is 1.41. The largest absolute Gasteiger partial charge is 0.351 e. The monoisotopic (exact) mass is 472 g/mol. The highest BCUT2D eigenvalue weighted by Gasteiger charge is 2.34. The highest BCUT2D eigenvalue weighted by molar-refractivity contribution is 7.86. The minimum absolute atomic E-state index is 0.167. The molecular formula is C21H24N6O3S2. The van der Waals surface area contributed by atoms with Gasteiger partial charge in [-0.1, -0.05) is 18.2 Å². The van der Waals surface area contributed by atoms with Gasteiger partial charge in [-0.05, 0) is 42.0 Å². The van der Waals surface area contributed by atoms with Crippen LogP contribution in [0, 0.1) is 11.3 Å². The first-order chi connectivity index (χ1) is 15.3. The van der Waals surface area contributed by atoms with Gasteiger partial charge in [-0.25, -0.2) is 14.0 Å². The summed E-state index contributed by atoms with van der Waals surface area (Å²) in [6, 6.07) is 13.0. The van der Waals surface area contributed by atoms with Gasteiger partial charge in [0.2, 0.25) is 0 Å². The van der Waals surface area contributed by atoms with Gasteiger partial charge in [-0.2, -0.15) is 27.4 Å². The maximum atomic E-state index is 13.4. The third-order valence-electron chi connectivity index (χ3n) is 5.59. The Bertz CT molecular complexity index is 1300. The Hall–Kier alpha value is -2.78. The predicted molar refractivity (Wildman–Crippen MR) is 122 cm³/mol. The van der Waals surface area contributed by atoms with E-state index < -0.39 is 10.2 Å². The van der Waals surface area contributed by atoms with Gasteiger partial charge in [0.1, 0.15) is 10.8 Å². The van der Waals surface area contributed by atoms with E-state index in [9.17, 15) is 18.5 Å². The standard InChI is InChI=1S/C21H24N6O3S2/c1-24(2)32(29,30)25-11-5-9-18(14-25)20-23-26(15-17-8-4-3-7-16(17)13-22)21(28)27(20)19-10-6-12-31-19/h3-4,6-8,10,12,18H,5,9,11,14-15H2,1-2H3. The smallest absolute Gasteiger partial charge is 0.246 e. The maximum absolute atomic E-state index is 13.4. The number of piperidine rings is 1. The molecule has 0 bridgehead atoms. The minimum Gasteiger partial charge on any atom is -0.246 e. The molecule has 0 amide bonds. The Labute approximate surface area is 190 Å². The lowest BCUT2D eigenvalue weighted by Gasteiger charge is -2.32. The number of nitrogens with zero attached hydrogens (tertiary/aromatic N) is 6. The van der Waals surface area contributed by atoms with Gasteiger partial charge in [0.25, 0.3) is 10.2 Å². The van der Waals surface area contributed by atoms with E-state index in [1.54, 1.807) is 22.8 Å². The zero-order valence-corrected chi connectivity index (χ0v) is 19.5. The molecule has 0 radical (unpaired) electrons. The van der Waals surface area contributed by atoms with E-state index in [2.05, 4.69) is 11.2 Å². The molecule has 0 saturated carbocycles. The molecule has 3 heterocycles. The number of benzene rings is 1. The fourth-order valence-corrected chi connectivity index (χ4v) is 5.84. The molecule has 1 aliphatic rings. The Morgan fingerprint density at radius 3 is 2.72 bits per heavy atom. The summed E-state index contributed by atoms with van der Waals surface area (Å²) in [6.45, 7) is 0.869. The van der Waals surface area contributed by atoms with Crippen molar-refractivity contribution in [3.8, 4) is 11.1 Å². The molecule has 0 aliphatic carbocycles. The lowest BCUT2D eigenvalue weighted by Crippen LogP contribution is -2.45. The third-order valence-corrected chi connectivity index (χ3v) is 8.35. The molecule has 9 nitrogen and oxygen atoms in total. The number of aromatic nitrogens is 3. The molecule has 1 aromatic carbocycles. The van der Waals surface area contributed by atoms with Crippen molar-refractivity contribution in [3.05, 3.63) is 69.2 Å². The maximum Gasteiger partial charge on any atom is 0.351 e. The van der Waals surface area contributed by atoms with Crippen LogP contribution in [0.1, 0.15) is 35.7 Å². The summed E-state index contributed by atoms with van der Waals surface area (Å²) >= 11 is 1.42. The van der Waals surface area contributed by atoms with Crippen molar-refractivity contribution < 1.29 is 8.42 Å². The molecule has 1 unspecified atom stereocenters. The predicted octanol–water partition coefficient (Wildman–Crippen LogP) is 2.00. The van der Waals surface area contributed by atoms with Gasteiger partial charge in [0.15, 0.2) is 0 Å². The Morgan fingerprint density at radius 1 is 1.25 bits per heavy atom. The molecule has 1 atom stereocenters. The molecule has 0 spiro atoms. The lowest BCUT2D eigenvalue weighted by molar-refractivity contribution is 0.291. The zero-order chi connectivity index (χ0) is 22.9. The van der Waals surface area contributed by atoms with E-state index in [0.717, 1.165) is 11.4 Å². The van der Waals surface area contributed by atoms with Crippen LogP contribution >= 0.6 is 11.3 Å². The fraction of sp³-hybridized carbons (Fsp3) is 0.381. The molecule has 11 heteroatoms. The molecule has 168 valence electrons. The highest BCUT2D eigenvalue weighted by atomic mass is 32.2. The molecule has 4 rings (SSSR count). The average Bonchev–Trinajstić information content (AvgIpc) is 3.42. The van der Waals surface area contributed by atoms with E-state index in [4.69, 9.17) is 0 Å². The quantitative estimate of drug-likeness (QED) is 0.546. The van der Waals surface area contributed by atoms with E-state index in [-0.39, 0.29) is 24.7 Å². The van der Waals surface area contributed by atoms with Crippen LogP contribution in [0.2, 0.25) is 0 Å². The molecule has 1 saturated heterocycles. The minimum atomic E-state index is -3.56. The second kappa shape index (κ2) is 8.99. The average molecular weight is 473 g/mol. The first kappa shape index (κ1) is 22.4. The van der Waals surface area contributed by atoms with E-state index >= 15 is 0 Å². The first-order valence-corrected chi connectivity index (χ1v) is 12.5. The van der Waals surface area contributed by atoms with Crippen molar-refractivity contribution in [2.45, 2.75) is 25.3 Å². The zero-order valence-electron chi connectivity index (χ0n) is 17.9. The van der Waals surface area contributed by atoms with Gasteiger partial charge < -0.3 is 0 Å². The topological polar surface area (TPSA) is 104 Å². The number of hydrogen-bond acceptors (Lipinski definition) is 6. The van der Waals surface area contributed by atoms with E-state index in [1.807, 2.05) is 23.6 Å². The summed E-state index contributed by atoms with van der Waals surface area (Å²) < 4.78 is 31.0. The number of rotatable bonds is 6. The van der Waals surface area contributed by atoms with Crippen LogP contribution < -0.4 is 5.69 Å². The summed E-state index contributed by atoms with van der Waals surface area (Å²) in [5.41, 5.74) is 0.898. The summed E-state index contributed by atoms with van der Waals surface area (Å²) in [4.78, 5) is 13.4. The first-order valence-electron chi connectivity index (χ1n) is 10.2. The van der Waals surface area contributed by atoms with Crippen LogP contribution in [-0.4, -0.2) is 58.6 Å². The number of thiophene rings is 1. The second-order valence-corrected chi connectivity index (χ2v) is 10.9. The van der Waals surface area contributed by atoms with Crippen molar-refractivity contribution in [2.24, 2.45) is 0 Å². The Morgan fingerprint density at radius 2 is 2.03 bits per heavy atom. The van der Waals surface area contributed by atoms with Crippen molar-refractivity contribution in [3.63, 3.8) is 0 Å². The van der Waals surface area contributed by atoms with E-state index in [1.165, 1.54) is 38.7 Å². The Balaban J connectivity index is 1.76. The third kappa shape index (κ3) is 4.14. The summed E-state index contributed by atoms with van der Waals surface area (Å²) in [5.74, 6) is 0.325. The normalized spacial score (nSPS) is 17.5. The van der Waals surface area contributed by atoms with Crippen LogP contribution in [0.25, 0.3) is 5.00 Å². The fourth-order valence-electron chi connectivity index (χ4n) is 3.92. The van der Waals surface area contributed by atoms with Crippen molar-refractivity contribution in [2.75, 3.05) is 27.2 Å². The molecular weight excluding hydrogens is 448 g/mol. The molecule has 32 heavy (non-hydrogen) atoms. The van der Waals surface area contributed by atoms with Gasteiger partial charge in [-0.15, -0.1) is 11.3 Å². The Kier molecular flexibility index (Phi) is 6.30. The molecule has 2 aromatic heterocycles. The molecule has 0 N–H and O–H groups in total. The molecule has 3 aromatic rings. The number of hydrogen-bond donors (Lipinski definition) is 0. The lowest BCUT2D eigenvalue weighted by atomic mass is 9.99. The van der Waals surface area contributed by atoms with E-state index in [0.29, 0.717) is 29.9 Å². The van der Waals surface area contributed by atoms with Crippen LogP contribution in [0.3, 0.4) is 0 Å². The van der Waals surface area contributed by atoms with Crippen molar-refractivity contribution in [1.82, 2.24) is 23.0 Å². The molecule has 1 fully saturated rings. The van der Waals surface area contributed by atoms with Crippen LogP contribution in [-0.2, 0) is 16.8 Å². The van der Waals surface area contributed by atoms with Gasteiger partial charge >= 0.3 is 5.69 Å². The van der Waals surface area contributed by atoms with Crippen LogP contribution in [0.4, 0.5) is 0 Å². The van der Waals surface area contributed by atoms with Gasteiger partial charge in [-0.3, -0.25) is 0 Å². The van der Waals surface area contributed by atoms with Gasteiger partial charge in [0, 0.05) is 33.1 Å². The summed E-state index contributed by atoms with van der Waals surface area (Å²) in [7, 11) is -0.526. The molecule has 1 aliphatic heterocycles. The second-order valence-electron chi connectivity index (χ2n) is 7.84.